The summed E-state index contributed by atoms with van der Waals surface area (Å²) in [5, 5.41) is 27.1. The molecule has 0 aromatic heterocycles. The smallest absolute Gasteiger partial charge is 0.336 e. The summed E-state index contributed by atoms with van der Waals surface area (Å²) >= 11 is 0. The summed E-state index contributed by atoms with van der Waals surface area (Å²) < 4.78 is 0. The topological polar surface area (TPSA) is 94.8 Å². The molecule has 0 amide bonds. The highest BCUT2D eigenvalue weighted by Crippen LogP contribution is 2.24. The quantitative estimate of drug-likeness (QED) is 0.786. The molecule has 0 fully saturated rings. The predicted molar refractivity (Wildman–Crippen MR) is 67.5 cm³/mol. The van der Waals surface area contributed by atoms with Crippen LogP contribution in [0.2, 0.25) is 0 Å². The Morgan fingerprint density at radius 1 is 0.737 bits per heavy atom. The number of benzene rings is 2. The zero-order valence-corrected chi connectivity index (χ0v) is 9.70. The van der Waals surface area contributed by atoms with Gasteiger partial charge in [-0.25, -0.2) is 9.59 Å². The van der Waals surface area contributed by atoms with Crippen molar-refractivity contribution in [2.45, 2.75) is 0 Å². The number of carboxylic acid groups (broad SMARTS) is 2. The van der Waals surface area contributed by atoms with Gasteiger partial charge in [-0.1, -0.05) is 18.2 Å². The second-order valence-corrected chi connectivity index (χ2v) is 3.92. The van der Waals surface area contributed by atoms with Crippen LogP contribution in [-0.2, 0) is 0 Å². The van der Waals surface area contributed by atoms with Crippen LogP contribution in [0.15, 0.2) is 42.5 Å². The number of carbonyl (C=O) groups is 2. The number of phenols is 1. The van der Waals surface area contributed by atoms with Crippen molar-refractivity contribution in [1.29, 1.82) is 0 Å². The van der Waals surface area contributed by atoms with Crippen LogP contribution in [0.4, 0.5) is 0 Å². The van der Waals surface area contributed by atoms with Gasteiger partial charge in [-0.15, -0.1) is 0 Å². The fourth-order valence-electron chi connectivity index (χ4n) is 1.74. The minimum atomic E-state index is -1.29. The summed E-state index contributed by atoms with van der Waals surface area (Å²) in [7, 11) is 0. The van der Waals surface area contributed by atoms with Crippen molar-refractivity contribution in [1.82, 2.24) is 0 Å². The minimum absolute atomic E-state index is 0.101. The van der Waals surface area contributed by atoms with E-state index in [2.05, 4.69) is 0 Å². The molecule has 0 saturated heterocycles. The van der Waals surface area contributed by atoms with E-state index in [4.69, 9.17) is 10.2 Å². The standard InChI is InChI=1S/C14H10O5/c15-10-4-1-8(2-5-10)9-3-6-11(13(16)17)12(7-9)14(18)19/h1-7,15H,(H,16,17)(H,18,19). The van der Waals surface area contributed by atoms with Crippen molar-refractivity contribution < 1.29 is 24.9 Å². The van der Waals surface area contributed by atoms with Gasteiger partial charge in [0.25, 0.3) is 0 Å². The number of hydrogen-bond acceptors (Lipinski definition) is 3. The Balaban J connectivity index is 2.55. The van der Waals surface area contributed by atoms with Gasteiger partial charge in [0.2, 0.25) is 0 Å². The van der Waals surface area contributed by atoms with E-state index in [9.17, 15) is 14.7 Å². The van der Waals surface area contributed by atoms with E-state index >= 15 is 0 Å². The highest BCUT2D eigenvalue weighted by atomic mass is 16.4. The first-order valence-electron chi connectivity index (χ1n) is 5.39. The number of carboxylic acids is 2. The monoisotopic (exact) mass is 258 g/mol. The van der Waals surface area contributed by atoms with E-state index in [0.717, 1.165) is 0 Å². The predicted octanol–water partition coefficient (Wildman–Crippen LogP) is 2.46. The Bertz CT molecular complexity index is 643. The lowest BCUT2D eigenvalue weighted by atomic mass is 9.99. The number of aromatic carboxylic acids is 2. The van der Waals surface area contributed by atoms with Crippen molar-refractivity contribution in [3.05, 3.63) is 53.6 Å². The molecule has 96 valence electrons. The third kappa shape index (κ3) is 2.55. The Kier molecular flexibility index (Phi) is 3.20. The summed E-state index contributed by atoms with van der Waals surface area (Å²) in [5.74, 6) is -2.47. The Morgan fingerprint density at radius 2 is 1.26 bits per heavy atom. The average molecular weight is 258 g/mol. The normalized spacial score (nSPS) is 10.1. The fraction of sp³-hybridized carbons (Fsp3) is 0. The molecule has 0 aliphatic rings. The van der Waals surface area contributed by atoms with Gasteiger partial charge >= 0.3 is 11.9 Å². The Hall–Kier alpha value is -2.82. The summed E-state index contributed by atoms with van der Waals surface area (Å²) in [4.78, 5) is 22.0. The van der Waals surface area contributed by atoms with Gasteiger partial charge in [0.1, 0.15) is 5.75 Å². The van der Waals surface area contributed by atoms with Gasteiger partial charge < -0.3 is 15.3 Å². The largest absolute Gasteiger partial charge is 0.508 e. The molecular formula is C14H10O5. The molecule has 2 aromatic rings. The van der Waals surface area contributed by atoms with Crippen LogP contribution in [0.3, 0.4) is 0 Å². The molecule has 19 heavy (non-hydrogen) atoms. The number of phenolic OH excluding ortho intramolecular Hbond substituents is 1. The maximum atomic E-state index is 11.1. The molecule has 3 N–H and O–H groups in total. The van der Waals surface area contributed by atoms with Crippen molar-refractivity contribution in [3.63, 3.8) is 0 Å². The lowest BCUT2D eigenvalue weighted by molar-refractivity contribution is 0.0651. The molecule has 0 saturated carbocycles. The van der Waals surface area contributed by atoms with Gasteiger partial charge in [-0.3, -0.25) is 0 Å². The second-order valence-electron chi connectivity index (χ2n) is 3.92. The van der Waals surface area contributed by atoms with Gasteiger partial charge in [0.05, 0.1) is 11.1 Å². The third-order valence-electron chi connectivity index (χ3n) is 2.68. The molecule has 0 atom stereocenters. The van der Waals surface area contributed by atoms with Gasteiger partial charge in [-0.05, 0) is 35.4 Å². The molecule has 0 aliphatic heterocycles. The highest BCUT2D eigenvalue weighted by molar-refractivity contribution is 6.02. The van der Waals surface area contributed by atoms with Crippen molar-refractivity contribution in [2.75, 3.05) is 0 Å². The van der Waals surface area contributed by atoms with E-state index in [1.54, 1.807) is 12.1 Å². The van der Waals surface area contributed by atoms with E-state index < -0.39 is 11.9 Å². The lowest BCUT2D eigenvalue weighted by Crippen LogP contribution is -2.07. The van der Waals surface area contributed by atoms with E-state index in [-0.39, 0.29) is 16.9 Å². The summed E-state index contributed by atoms with van der Waals surface area (Å²) in [6.45, 7) is 0. The van der Waals surface area contributed by atoms with Crippen LogP contribution in [0, 0.1) is 0 Å². The zero-order valence-electron chi connectivity index (χ0n) is 9.70. The average Bonchev–Trinajstić information content (AvgIpc) is 2.38. The first kappa shape index (κ1) is 12.6. The molecule has 0 unspecified atom stereocenters. The van der Waals surface area contributed by atoms with Crippen molar-refractivity contribution in [2.24, 2.45) is 0 Å². The second kappa shape index (κ2) is 4.81. The first-order chi connectivity index (χ1) is 8.99. The van der Waals surface area contributed by atoms with Crippen LogP contribution in [0.25, 0.3) is 11.1 Å². The van der Waals surface area contributed by atoms with E-state index in [1.807, 2.05) is 0 Å². The van der Waals surface area contributed by atoms with E-state index in [0.29, 0.717) is 11.1 Å². The maximum Gasteiger partial charge on any atom is 0.336 e. The van der Waals surface area contributed by atoms with E-state index in [1.165, 1.54) is 30.3 Å². The summed E-state index contributed by atoms with van der Waals surface area (Å²) in [6.07, 6.45) is 0. The fourth-order valence-corrected chi connectivity index (χ4v) is 1.74. The van der Waals surface area contributed by atoms with Crippen LogP contribution >= 0.6 is 0 Å². The SMILES string of the molecule is O=C(O)c1ccc(-c2ccc(O)cc2)cc1C(=O)O. The molecule has 0 bridgehead atoms. The van der Waals surface area contributed by atoms with Crippen LogP contribution < -0.4 is 0 Å². The number of hydrogen-bond donors (Lipinski definition) is 3. The molecule has 2 rings (SSSR count). The molecule has 0 heterocycles. The summed E-state index contributed by atoms with van der Waals surface area (Å²) in [5.41, 5.74) is 0.743. The zero-order chi connectivity index (χ0) is 14.0. The molecule has 5 heteroatoms. The van der Waals surface area contributed by atoms with Crippen molar-refractivity contribution >= 4 is 11.9 Å². The Labute approximate surface area is 108 Å². The summed E-state index contributed by atoms with van der Waals surface area (Å²) in [6, 6.07) is 10.3. The van der Waals surface area contributed by atoms with Gasteiger partial charge in [-0.2, -0.15) is 0 Å². The van der Waals surface area contributed by atoms with Gasteiger partial charge in [0.15, 0.2) is 0 Å². The Morgan fingerprint density at radius 3 is 1.79 bits per heavy atom. The molecular weight excluding hydrogens is 248 g/mol. The first-order valence-corrected chi connectivity index (χ1v) is 5.39. The third-order valence-corrected chi connectivity index (χ3v) is 2.68. The lowest BCUT2D eigenvalue weighted by Gasteiger charge is -2.06. The number of rotatable bonds is 3. The molecule has 0 radical (unpaired) electrons. The molecule has 5 nitrogen and oxygen atoms in total. The maximum absolute atomic E-state index is 11.1. The molecule has 0 spiro atoms. The van der Waals surface area contributed by atoms with Crippen molar-refractivity contribution in [3.8, 4) is 16.9 Å². The highest BCUT2D eigenvalue weighted by Gasteiger charge is 2.16. The van der Waals surface area contributed by atoms with Gasteiger partial charge in [0, 0.05) is 0 Å². The van der Waals surface area contributed by atoms with Crippen LogP contribution in [-0.4, -0.2) is 27.3 Å². The molecule has 0 aliphatic carbocycles. The van der Waals surface area contributed by atoms with Crippen LogP contribution in [0.1, 0.15) is 20.7 Å². The molecule has 2 aromatic carbocycles. The number of aromatic hydroxyl groups is 1. The minimum Gasteiger partial charge on any atom is -0.508 e. The van der Waals surface area contributed by atoms with Crippen LogP contribution in [0.5, 0.6) is 5.75 Å².